The van der Waals surface area contributed by atoms with Crippen LogP contribution in [0.3, 0.4) is 0 Å². The van der Waals surface area contributed by atoms with Crippen LogP contribution in [-0.4, -0.2) is 13.1 Å². The fraction of sp³-hybridized carbons (Fsp3) is 1.00. The highest BCUT2D eigenvalue weighted by Gasteiger charge is 2.33. The van der Waals surface area contributed by atoms with Crippen molar-refractivity contribution in [3.05, 3.63) is 0 Å². The number of fused-ring (bicyclic) bond motifs is 6. The van der Waals surface area contributed by atoms with Crippen molar-refractivity contribution in [3.8, 4) is 0 Å². The predicted octanol–water partition coefficient (Wildman–Crippen LogP) is 3.06. The Hall–Kier alpha value is -0.0400. The molecule has 2 bridgehead atoms. The minimum atomic E-state index is 0.595. The van der Waals surface area contributed by atoms with Crippen LogP contribution >= 0.6 is 0 Å². The molecule has 2 aliphatic heterocycles. The SMILES string of the molecule is CC1CC2CNCC(C1)CC(C)(C)C2. The van der Waals surface area contributed by atoms with Gasteiger partial charge in [-0.1, -0.05) is 20.8 Å². The summed E-state index contributed by atoms with van der Waals surface area (Å²) in [6, 6.07) is 0. The van der Waals surface area contributed by atoms with E-state index in [1.165, 1.54) is 38.8 Å². The molecule has 1 heteroatoms. The van der Waals surface area contributed by atoms with Crippen LogP contribution in [0.2, 0.25) is 0 Å². The van der Waals surface area contributed by atoms with Gasteiger partial charge in [0, 0.05) is 0 Å². The molecule has 0 spiro atoms. The Balaban J connectivity index is 2.13. The summed E-state index contributed by atoms with van der Waals surface area (Å²) in [7, 11) is 0. The first-order valence-electron chi connectivity index (χ1n) is 6.26. The third-order valence-corrected chi connectivity index (χ3v) is 4.02. The van der Waals surface area contributed by atoms with Crippen molar-refractivity contribution in [2.75, 3.05) is 13.1 Å². The fourth-order valence-corrected chi connectivity index (χ4v) is 3.85. The van der Waals surface area contributed by atoms with Gasteiger partial charge in [-0.3, -0.25) is 0 Å². The molecule has 14 heavy (non-hydrogen) atoms. The Labute approximate surface area is 88.7 Å². The lowest BCUT2D eigenvalue weighted by Gasteiger charge is -2.41. The molecule has 2 saturated heterocycles. The molecule has 1 aliphatic carbocycles. The van der Waals surface area contributed by atoms with Crippen molar-refractivity contribution >= 4 is 0 Å². The van der Waals surface area contributed by atoms with Crippen LogP contribution in [0, 0.1) is 23.2 Å². The molecule has 3 aliphatic rings. The molecule has 1 saturated carbocycles. The average Bonchev–Trinajstić information content (AvgIpc) is 1.95. The first-order valence-corrected chi connectivity index (χ1v) is 6.26. The highest BCUT2D eigenvalue weighted by molar-refractivity contribution is 4.86. The van der Waals surface area contributed by atoms with Crippen molar-refractivity contribution in [3.63, 3.8) is 0 Å². The van der Waals surface area contributed by atoms with E-state index in [0.717, 1.165) is 17.8 Å². The van der Waals surface area contributed by atoms with Crippen LogP contribution in [0.25, 0.3) is 0 Å². The maximum absolute atomic E-state index is 3.65. The zero-order valence-electron chi connectivity index (χ0n) is 9.97. The third kappa shape index (κ3) is 2.50. The van der Waals surface area contributed by atoms with E-state index in [2.05, 4.69) is 26.1 Å². The summed E-state index contributed by atoms with van der Waals surface area (Å²) in [5.41, 5.74) is 0.595. The van der Waals surface area contributed by atoms with Crippen molar-refractivity contribution in [2.45, 2.75) is 46.5 Å². The van der Waals surface area contributed by atoms with Gasteiger partial charge in [-0.15, -0.1) is 0 Å². The largest absolute Gasteiger partial charge is 0.316 e. The lowest BCUT2D eigenvalue weighted by molar-refractivity contribution is 0.118. The van der Waals surface area contributed by atoms with Crippen LogP contribution in [-0.2, 0) is 0 Å². The van der Waals surface area contributed by atoms with Gasteiger partial charge in [-0.2, -0.15) is 0 Å². The van der Waals surface area contributed by atoms with Gasteiger partial charge in [0.2, 0.25) is 0 Å². The maximum atomic E-state index is 3.65. The summed E-state index contributed by atoms with van der Waals surface area (Å²) in [5.74, 6) is 2.82. The number of rotatable bonds is 0. The molecule has 0 aromatic rings. The van der Waals surface area contributed by atoms with Crippen molar-refractivity contribution in [2.24, 2.45) is 23.2 Å². The summed E-state index contributed by atoms with van der Waals surface area (Å²) < 4.78 is 0. The summed E-state index contributed by atoms with van der Waals surface area (Å²) >= 11 is 0. The predicted molar refractivity (Wildman–Crippen MR) is 61.3 cm³/mol. The molecule has 3 rings (SSSR count). The molecule has 82 valence electrons. The second-order valence-corrected chi connectivity index (χ2v) is 6.54. The Morgan fingerprint density at radius 3 is 2.00 bits per heavy atom. The zero-order chi connectivity index (χ0) is 10.2. The van der Waals surface area contributed by atoms with Crippen molar-refractivity contribution < 1.29 is 0 Å². The molecule has 0 aromatic carbocycles. The Morgan fingerprint density at radius 1 is 1.00 bits per heavy atom. The smallest absolute Gasteiger partial charge is 0.00201 e. The molecule has 2 atom stereocenters. The fourth-order valence-electron chi connectivity index (χ4n) is 3.85. The van der Waals surface area contributed by atoms with Crippen molar-refractivity contribution in [1.82, 2.24) is 5.32 Å². The van der Waals surface area contributed by atoms with Crippen LogP contribution in [0.15, 0.2) is 0 Å². The minimum Gasteiger partial charge on any atom is -0.316 e. The Kier molecular flexibility index (Phi) is 2.88. The van der Waals surface area contributed by atoms with E-state index in [9.17, 15) is 0 Å². The number of hydrogen-bond donors (Lipinski definition) is 1. The molecular weight excluding hydrogens is 170 g/mol. The van der Waals surface area contributed by atoms with E-state index < -0.39 is 0 Å². The molecule has 1 N–H and O–H groups in total. The first kappa shape index (κ1) is 10.5. The van der Waals surface area contributed by atoms with Crippen molar-refractivity contribution in [1.29, 1.82) is 0 Å². The molecule has 1 nitrogen and oxygen atoms in total. The van der Waals surface area contributed by atoms with E-state index in [0.29, 0.717) is 5.41 Å². The molecule has 0 radical (unpaired) electrons. The molecule has 0 amide bonds. The highest BCUT2D eigenvalue weighted by atomic mass is 14.9. The lowest BCUT2D eigenvalue weighted by Crippen LogP contribution is -2.40. The minimum absolute atomic E-state index is 0.595. The van der Waals surface area contributed by atoms with Gasteiger partial charge in [0.15, 0.2) is 0 Å². The molecule has 2 unspecified atom stereocenters. The molecule has 3 fully saturated rings. The van der Waals surface area contributed by atoms with E-state index in [4.69, 9.17) is 0 Å². The van der Waals surface area contributed by atoms with E-state index in [1.807, 2.05) is 0 Å². The summed E-state index contributed by atoms with van der Waals surface area (Å²) in [4.78, 5) is 0. The normalized spacial score (nSPS) is 42.6. The maximum Gasteiger partial charge on any atom is -0.00201 e. The zero-order valence-corrected chi connectivity index (χ0v) is 9.97. The van der Waals surface area contributed by atoms with Gasteiger partial charge in [0.1, 0.15) is 0 Å². The number of hydrogen-bond acceptors (Lipinski definition) is 1. The van der Waals surface area contributed by atoms with E-state index in [-0.39, 0.29) is 0 Å². The van der Waals surface area contributed by atoms with Crippen LogP contribution in [0.4, 0.5) is 0 Å². The average molecular weight is 195 g/mol. The summed E-state index contributed by atoms with van der Waals surface area (Å²) in [6.45, 7) is 9.92. The van der Waals surface area contributed by atoms with Crippen LogP contribution in [0.1, 0.15) is 46.5 Å². The topological polar surface area (TPSA) is 12.0 Å². The summed E-state index contributed by atoms with van der Waals surface area (Å²) in [6.07, 6.45) is 5.77. The number of nitrogens with one attached hydrogen (secondary N) is 1. The quantitative estimate of drug-likeness (QED) is 0.626. The Morgan fingerprint density at radius 2 is 1.50 bits per heavy atom. The van der Waals surface area contributed by atoms with Gasteiger partial charge in [0.25, 0.3) is 0 Å². The molecule has 0 aromatic heterocycles. The second-order valence-electron chi connectivity index (χ2n) is 6.54. The van der Waals surface area contributed by atoms with Gasteiger partial charge in [-0.25, -0.2) is 0 Å². The lowest BCUT2D eigenvalue weighted by atomic mass is 9.68. The van der Waals surface area contributed by atoms with Gasteiger partial charge in [0.05, 0.1) is 0 Å². The second kappa shape index (κ2) is 3.84. The standard InChI is InChI=1S/C13H25N/c1-10-4-11-6-13(2,3)7-12(5-10)9-14-8-11/h10-12,14H,4-9H2,1-3H3. The monoisotopic (exact) mass is 195 g/mol. The van der Waals surface area contributed by atoms with Crippen LogP contribution in [0.5, 0.6) is 0 Å². The Bertz CT molecular complexity index is 179. The van der Waals surface area contributed by atoms with Gasteiger partial charge < -0.3 is 5.32 Å². The summed E-state index contributed by atoms with van der Waals surface area (Å²) in [5, 5.41) is 3.65. The third-order valence-electron chi connectivity index (χ3n) is 4.02. The highest BCUT2D eigenvalue weighted by Crippen LogP contribution is 2.41. The molecule has 2 heterocycles. The van der Waals surface area contributed by atoms with E-state index in [1.54, 1.807) is 0 Å². The van der Waals surface area contributed by atoms with E-state index >= 15 is 0 Å². The van der Waals surface area contributed by atoms with Gasteiger partial charge >= 0.3 is 0 Å². The van der Waals surface area contributed by atoms with Gasteiger partial charge in [-0.05, 0) is 61.9 Å². The molecular formula is C13H25N. The first-order chi connectivity index (χ1) is 6.55. The van der Waals surface area contributed by atoms with Crippen LogP contribution < -0.4 is 5.32 Å².